The number of anilines is 1. The lowest BCUT2D eigenvalue weighted by Crippen LogP contribution is -2.37. The van der Waals surface area contributed by atoms with Gasteiger partial charge in [0.05, 0.1) is 10.6 Å². The largest absolute Gasteiger partial charge is 0.444 e. The zero-order chi connectivity index (χ0) is 19.7. The molecule has 0 aliphatic carbocycles. The number of amides is 2. The second-order valence-electron chi connectivity index (χ2n) is 6.19. The van der Waals surface area contributed by atoms with Gasteiger partial charge in [0.2, 0.25) is 0 Å². The topological polar surface area (TPSA) is 63.7 Å². The molecule has 3 aromatic rings. The van der Waals surface area contributed by atoms with Crippen LogP contribution >= 0.6 is 22.9 Å². The Kier molecular flexibility index (Phi) is 4.98. The van der Waals surface area contributed by atoms with Crippen molar-refractivity contribution in [1.82, 2.24) is 0 Å². The number of carbonyl (C=O) groups is 3. The van der Waals surface area contributed by atoms with Crippen molar-refractivity contribution in [3.63, 3.8) is 0 Å². The number of fused-ring (bicyclic) bond motifs is 1. The average molecular weight is 412 g/mol. The molecule has 2 heterocycles. The first-order valence-electron chi connectivity index (χ1n) is 8.48. The molecule has 0 spiro atoms. The Hall–Kier alpha value is -2.96. The lowest BCUT2D eigenvalue weighted by Gasteiger charge is -2.16. The Balaban J connectivity index is 1.64. The van der Waals surface area contributed by atoms with Crippen LogP contribution in [0, 0.1) is 0 Å². The summed E-state index contributed by atoms with van der Waals surface area (Å²) >= 11 is 7.33. The number of rotatable bonds is 4. The highest BCUT2D eigenvalue weighted by Gasteiger charge is 2.46. The number of ketones is 1. The predicted octanol–water partition coefficient (Wildman–Crippen LogP) is 5.05. The number of hydrogen-bond donors (Lipinski definition) is 0. The maximum atomic E-state index is 13.0. The molecule has 0 bridgehead atoms. The summed E-state index contributed by atoms with van der Waals surface area (Å²) in [6.45, 7) is 0.0237. The van der Waals surface area contributed by atoms with Crippen LogP contribution in [0.3, 0.4) is 0 Å². The highest BCUT2D eigenvalue weighted by atomic mass is 35.5. The van der Waals surface area contributed by atoms with Crippen LogP contribution in [0.2, 0.25) is 5.02 Å². The molecule has 1 aromatic heterocycles. The van der Waals surface area contributed by atoms with Gasteiger partial charge in [0.15, 0.2) is 5.78 Å². The van der Waals surface area contributed by atoms with Gasteiger partial charge in [-0.2, -0.15) is 0 Å². The molecule has 7 heteroatoms. The minimum Gasteiger partial charge on any atom is -0.444 e. The summed E-state index contributed by atoms with van der Waals surface area (Å²) in [5.41, 5.74) is 1.53. The van der Waals surface area contributed by atoms with E-state index in [-0.39, 0.29) is 12.4 Å². The van der Waals surface area contributed by atoms with E-state index in [4.69, 9.17) is 16.3 Å². The first-order chi connectivity index (χ1) is 13.6. The minimum atomic E-state index is -1.11. The molecule has 1 atom stereocenters. The van der Waals surface area contributed by atoms with Crippen LogP contribution in [0.25, 0.3) is 0 Å². The highest BCUT2D eigenvalue weighted by molar-refractivity contribution is 7.12. The summed E-state index contributed by atoms with van der Waals surface area (Å²) in [4.78, 5) is 40.0. The van der Waals surface area contributed by atoms with Crippen molar-refractivity contribution < 1.29 is 19.1 Å². The quantitative estimate of drug-likeness (QED) is 0.445. The molecule has 1 aliphatic rings. The lowest BCUT2D eigenvalue weighted by molar-refractivity contribution is -0.118. The number of nitrogens with zero attached hydrogens (tertiary/aromatic N) is 1. The van der Waals surface area contributed by atoms with E-state index < -0.39 is 17.9 Å². The molecule has 5 nitrogen and oxygen atoms in total. The number of thiophene rings is 1. The summed E-state index contributed by atoms with van der Waals surface area (Å²) in [6, 6.07) is 17.2. The number of benzene rings is 2. The van der Waals surface area contributed by atoms with Gasteiger partial charge in [-0.15, -0.1) is 11.3 Å². The van der Waals surface area contributed by atoms with E-state index in [0.29, 0.717) is 21.2 Å². The fourth-order valence-electron chi connectivity index (χ4n) is 3.13. The van der Waals surface area contributed by atoms with Gasteiger partial charge < -0.3 is 4.74 Å². The van der Waals surface area contributed by atoms with Crippen molar-refractivity contribution in [1.29, 1.82) is 0 Å². The highest BCUT2D eigenvalue weighted by Crippen LogP contribution is 2.41. The van der Waals surface area contributed by atoms with Crippen molar-refractivity contribution in [2.45, 2.75) is 12.5 Å². The van der Waals surface area contributed by atoms with E-state index in [0.717, 1.165) is 10.5 Å². The van der Waals surface area contributed by atoms with Crippen molar-refractivity contribution in [3.8, 4) is 0 Å². The summed E-state index contributed by atoms with van der Waals surface area (Å²) in [7, 11) is 0. The van der Waals surface area contributed by atoms with Crippen LogP contribution in [0.1, 0.15) is 26.7 Å². The summed E-state index contributed by atoms with van der Waals surface area (Å²) in [6.07, 6.45) is -0.820. The van der Waals surface area contributed by atoms with Crippen molar-refractivity contribution in [2.24, 2.45) is 0 Å². The molecule has 2 aromatic carbocycles. The summed E-state index contributed by atoms with van der Waals surface area (Å²) in [5.74, 6) is -2.10. The van der Waals surface area contributed by atoms with Crippen molar-refractivity contribution in [2.75, 3.05) is 4.90 Å². The van der Waals surface area contributed by atoms with Crippen LogP contribution in [0.5, 0.6) is 0 Å². The third-order valence-corrected chi connectivity index (χ3v) is 5.54. The Morgan fingerprint density at radius 1 is 1.07 bits per heavy atom. The molecular weight excluding hydrogens is 398 g/mol. The summed E-state index contributed by atoms with van der Waals surface area (Å²) < 4.78 is 5.31. The van der Waals surface area contributed by atoms with Crippen molar-refractivity contribution in [3.05, 3.63) is 87.1 Å². The van der Waals surface area contributed by atoms with Crippen molar-refractivity contribution >= 4 is 46.4 Å². The van der Waals surface area contributed by atoms with E-state index in [9.17, 15) is 14.4 Å². The zero-order valence-electron chi connectivity index (χ0n) is 14.5. The van der Waals surface area contributed by atoms with Gasteiger partial charge in [-0.3, -0.25) is 9.59 Å². The molecular formula is C21H14ClNO4S. The molecule has 0 saturated carbocycles. The van der Waals surface area contributed by atoms with E-state index >= 15 is 0 Å². The maximum Gasteiger partial charge on any atom is 0.421 e. The average Bonchev–Trinajstić information content (AvgIpc) is 3.32. The third kappa shape index (κ3) is 3.32. The van der Waals surface area contributed by atoms with Gasteiger partial charge in [-0.05, 0) is 40.8 Å². The first-order valence-corrected chi connectivity index (χ1v) is 9.74. The Morgan fingerprint density at radius 2 is 1.86 bits per heavy atom. The molecule has 4 rings (SSSR count). The zero-order valence-corrected chi connectivity index (χ0v) is 16.1. The third-order valence-electron chi connectivity index (χ3n) is 4.42. The van der Waals surface area contributed by atoms with Gasteiger partial charge in [-0.1, -0.05) is 48.0 Å². The number of hydrogen-bond acceptors (Lipinski definition) is 5. The molecule has 140 valence electrons. The normalized spacial score (nSPS) is 15.4. The fraction of sp³-hybridized carbons (Fsp3) is 0.0952. The van der Waals surface area contributed by atoms with Crippen LogP contribution in [0.4, 0.5) is 10.5 Å². The first kappa shape index (κ1) is 18.4. The number of carbonyl (C=O) groups excluding carboxylic acids is 3. The van der Waals surface area contributed by atoms with Gasteiger partial charge in [0, 0.05) is 5.02 Å². The van der Waals surface area contributed by atoms with Gasteiger partial charge in [-0.25, -0.2) is 9.69 Å². The molecule has 1 aliphatic heterocycles. The van der Waals surface area contributed by atoms with E-state index in [1.54, 1.807) is 35.7 Å². The van der Waals surface area contributed by atoms with Gasteiger partial charge >= 0.3 is 6.09 Å². The molecule has 0 fully saturated rings. The minimum absolute atomic E-state index is 0.0237. The van der Waals surface area contributed by atoms with Crippen LogP contribution in [-0.4, -0.2) is 17.8 Å². The number of Topliss-reactive ketones (excluding diaryl/α,β-unsaturated/α-hetero) is 1. The van der Waals surface area contributed by atoms with E-state index in [2.05, 4.69) is 0 Å². The lowest BCUT2D eigenvalue weighted by atomic mass is 9.95. The van der Waals surface area contributed by atoms with Crippen LogP contribution in [-0.2, 0) is 16.1 Å². The Bertz CT molecular complexity index is 1050. The van der Waals surface area contributed by atoms with Gasteiger partial charge in [0.1, 0.15) is 12.5 Å². The SMILES string of the molecule is O=C(c1cccs1)C1C(=O)N(C(=O)OCc2ccccc2)c2ccc(Cl)cc21. The van der Waals surface area contributed by atoms with E-state index in [1.807, 2.05) is 30.3 Å². The van der Waals surface area contributed by atoms with Crippen LogP contribution < -0.4 is 4.90 Å². The fourth-order valence-corrected chi connectivity index (χ4v) is 4.00. The molecule has 1 unspecified atom stereocenters. The number of ether oxygens (including phenoxy) is 1. The van der Waals surface area contributed by atoms with Crippen LogP contribution in [0.15, 0.2) is 66.0 Å². The Labute approximate surface area is 170 Å². The molecule has 0 radical (unpaired) electrons. The molecule has 28 heavy (non-hydrogen) atoms. The van der Waals surface area contributed by atoms with Gasteiger partial charge in [0.25, 0.3) is 5.91 Å². The monoisotopic (exact) mass is 411 g/mol. The number of halogens is 1. The molecule has 0 N–H and O–H groups in total. The standard InChI is InChI=1S/C21H14ClNO4S/c22-14-8-9-16-15(11-14)18(19(24)17-7-4-10-28-17)20(25)23(16)21(26)27-12-13-5-2-1-3-6-13/h1-11,18H,12H2. The maximum absolute atomic E-state index is 13.0. The molecule has 2 amide bonds. The molecule has 0 saturated heterocycles. The Morgan fingerprint density at radius 3 is 2.57 bits per heavy atom. The smallest absolute Gasteiger partial charge is 0.421 e. The number of imide groups is 1. The van der Waals surface area contributed by atoms with E-state index in [1.165, 1.54) is 11.3 Å². The predicted molar refractivity (Wildman–Crippen MR) is 107 cm³/mol. The summed E-state index contributed by atoms with van der Waals surface area (Å²) in [5, 5.41) is 2.15. The second-order valence-corrected chi connectivity index (χ2v) is 7.58. The second kappa shape index (κ2) is 7.58.